The molecule has 2 aliphatic heterocycles. The molecule has 0 radical (unpaired) electrons. The van der Waals surface area contributed by atoms with Crippen LogP contribution in [0.5, 0.6) is 34.5 Å². The van der Waals surface area contributed by atoms with Crippen molar-refractivity contribution in [2.24, 2.45) is 0 Å². The number of aromatic hydroxyl groups is 4. The van der Waals surface area contributed by atoms with E-state index in [1.807, 2.05) is 0 Å². The highest BCUT2D eigenvalue weighted by Crippen LogP contribution is 2.35. The van der Waals surface area contributed by atoms with Crippen molar-refractivity contribution < 1.29 is 89.1 Å². The summed E-state index contributed by atoms with van der Waals surface area (Å²) < 4.78 is 32.5. The van der Waals surface area contributed by atoms with Crippen LogP contribution in [-0.2, 0) is 9.47 Å². The highest BCUT2D eigenvalue weighted by Gasteiger charge is 2.46. The van der Waals surface area contributed by atoms with Gasteiger partial charge in [0, 0.05) is 24.3 Å². The van der Waals surface area contributed by atoms with Crippen LogP contribution in [0.2, 0.25) is 0 Å². The number of rotatable bonds is 8. The molecule has 12 N–H and O–H groups in total. The monoisotopic (exact) mass is 864 g/mol. The summed E-state index contributed by atoms with van der Waals surface area (Å²) in [6, 6.07) is 16.6. The highest BCUT2D eigenvalue weighted by atomic mass is 16.7. The molecular formula is C42H40O20. The van der Waals surface area contributed by atoms with Crippen LogP contribution in [0.3, 0.4) is 0 Å². The second-order valence-corrected chi connectivity index (χ2v) is 14.3. The van der Waals surface area contributed by atoms with Gasteiger partial charge in [-0.15, -0.1) is 0 Å². The number of ether oxygens (including phenoxy) is 4. The molecule has 4 aromatic carbocycles. The minimum Gasteiger partial charge on any atom is -0.508 e. The Bertz CT molecular complexity index is 2460. The fraction of sp³-hybridized carbons (Fsp3) is 0.286. The second-order valence-electron chi connectivity index (χ2n) is 14.3. The van der Waals surface area contributed by atoms with E-state index in [1.54, 1.807) is 0 Å². The summed E-state index contributed by atoms with van der Waals surface area (Å²) in [5, 5.41) is 118. The molecule has 0 amide bonds. The molecule has 8 rings (SSSR count). The molecule has 20 nitrogen and oxygen atoms in total. The molecule has 10 atom stereocenters. The Balaban J connectivity index is 0.000000186. The summed E-state index contributed by atoms with van der Waals surface area (Å²) in [6.07, 6.45) is -12.5. The number of phenols is 4. The minimum atomic E-state index is -1.64. The van der Waals surface area contributed by atoms with Crippen LogP contribution in [0.4, 0.5) is 0 Å². The van der Waals surface area contributed by atoms with Crippen LogP contribution in [0.25, 0.3) is 44.2 Å². The topological polar surface area (TPSA) is 340 Å². The van der Waals surface area contributed by atoms with Gasteiger partial charge in [0.1, 0.15) is 118 Å². The molecule has 0 spiro atoms. The van der Waals surface area contributed by atoms with Gasteiger partial charge < -0.3 is 89.1 Å². The summed E-state index contributed by atoms with van der Waals surface area (Å²) in [5.41, 5.74) is 0.270. The molecule has 328 valence electrons. The molecule has 0 saturated carbocycles. The maximum atomic E-state index is 12.9. The lowest BCUT2D eigenvalue weighted by atomic mass is 9.99. The molecule has 2 aromatic heterocycles. The number of hydrogen-bond donors (Lipinski definition) is 12. The summed E-state index contributed by atoms with van der Waals surface area (Å²) in [4.78, 5) is 25.7. The standard InChI is InChI=1S/2C21H20O10/c2*22-7-15-18(26)19(27)20(28)21(31-15)30-11-5-13(24)16-14(6-11)29-8-12(17(16)25)9-1-3-10(23)4-2-9/h2*1-6,8,15,18-24,26-28H,7H2/t2*15?,18-,19?,20?,21-/m11/s1. The van der Waals surface area contributed by atoms with Crippen LogP contribution >= 0.6 is 0 Å². The number of phenolic OH excluding ortho intramolecular Hbond substituents is 4. The molecule has 6 aromatic rings. The van der Waals surface area contributed by atoms with E-state index < -0.39 is 97.0 Å². The first-order valence-electron chi connectivity index (χ1n) is 18.7. The Morgan fingerprint density at radius 3 is 1.18 bits per heavy atom. The zero-order valence-corrected chi connectivity index (χ0v) is 31.9. The average Bonchev–Trinajstić information content (AvgIpc) is 3.25. The number of benzene rings is 4. The molecule has 62 heavy (non-hydrogen) atoms. The van der Waals surface area contributed by atoms with Gasteiger partial charge in [-0.3, -0.25) is 9.59 Å². The van der Waals surface area contributed by atoms with E-state index in [-0.39, 0.29) is 56.1 Å². The van der Waals surface area contributed by atoms with Crippen LogP contribution < -0.4 is 20.3 Å². The van der Waals surface area contributed by atoms with Gasteiger partial charge in [0.15, 0.2) is 0 Å². The molecule has 0 aliphatic carbocycles. The normalized spacial score (nSPS) is 26.1. The van der Waals surface area contributed by atoms with E-state index in [1.165, 1.54) is 73.2 Å². The van der Waals surface area contributed by atoms with Crippen LogP contribution in [-0.4, -0.2) is 136 Å². The van der Waals surface area contributed by atoms with Crippen molar-refractivity contribution >= 4 is 21.9 Å². The average molecular weight is 865 g/mol. The summed E-state index contributed by atoms with van der Waals surface area (Å²) in [5.74, 6) is -0.929. The third kappa shape index (κ3) is 8.60. The van der Waals surface area contributed by atoms with Gasteiger partial charge in [0.25, 0.3) is 0 Å². The van der Waals surface area contributed by atoms with Crippen molar-refractivity contribution in [2.75, 3.05) is 13.2 Å². The quantitative estimate of drug-likeness (QED) is 0.0965. The van der Waals surface area contributed by atoms with E-state index in [9.17, 15) is 70.9 Å². The SMILES string of the molecule is O=c1c(-c2ccc(O)cc2)coc2cc(O[C@@H]3OC(CO)[C@@H](O)C(O)C3O)cc(O)c12.O=c1c(-c2ccc(O)cc2)coc2cc(O[C@@H]3OC(CO)[C@@H](O)C(O)C3O)cc(O)c12. The Labute approximate surface area is 347 Å². The van der Waals surface area contributed by atoms with Gasteiger partial charge in [-0.2, -0.15) is 0 Å². The first-order valence-corrected chi connectivity index (χ1v) is 18.7. The number of fused-ring (bicyclic) bond motifs is 2. The molecule has 2 aliphatic rings. The molecule has 2 fully saturated rings. The van der Waals surface area contributed by atoms with E-state index in [0.717, 1.165) is 12.1 Å². The second kappa shape index (κ2) is 18.0. The Morgan fingerprint density at radius 1 is 0.484 bits per heavy atom. The van der Waals surface area contributed by atoms with Crippen molar-refractivity contribution in [3.05, 3.63) is 106 Å². The molecule has 0 bridgehead atoms. The fourth-order valence-electron chi connectivity index (χ4n) is 6.83. The highest BCUT2D eigenvalue weighted by molar-refractivity contribution is 5.89. The smallest absolute Gasteiger partial charge is 0.229 e. The predicted molar refractivity (Wildman–Crippen MR) is 211 cm³/mol. The largest absolute Gasteiger partial charge is 0.508 e. The molecular weight excluding hydrogens is 824 g/mol. The summed E-state index contributed by atoms with van der Waals surface area (Å²) in [7, 11) is 0. The Morgan fingerprint density at radius 2 is 0.839 bits per heavy atom. The number of hydrogen-bond acceptors (Lipinski definition) is 20. The zero-order valence-electron chi connectivity index (χ0n) is 31.9. The lowest BCUT2D eigenvalue weighted by molar-refractivity contribution is -0.277. The van der Waals surface area contributed by atoms with E-state index in [4.69, 9.17) is 27.8 Å². The maximum absolute atomic E-state index is 12.9. The van der Waals surface area contributed by atoms with E-state index >= 15 is 0 Å². The van der Waals surface area contributed by atoms with E-state index in [0.29, 0.717) is 11.1 Å². The van der Waals surface area contributed by atoms with Crippen molar-refractivity contribution in [1.82, 2.24) is 0 Å². The van der Waals surface area contributed by atoms with Crippen molar-refractivity contribution in [3.63, 3.8) is 0 Å². The third-order valence-electron chi connectivity index (χ3n) is 10.2. The molecule has 6 unspecified atom stereocenters. The number of aliphatic hydroxyl groups is 8. The predicted octanol–water partition coefficient (Wildman–Crippen LogP) is 0.0998. The lowest BCUT2D eigenvalue weighted by Gasteiger charge is -2.39. The minimum absolute atomic E-state index is 0.00730. The van der Waals surface area contributed by atoms with Crippen molar-refractivity contribution in [2.45, 2.75) is 61.4 Å². The molecule has 20 heteroatoms. The van der Waals surface area contributed by atoms with Gasteiger partial charge in [0.05, 0.1) is 24.3 Å². The maximum Gasteiger partial charge on any atom is 0.229 e. The van der Waals surface area contributed by atoms with Gasteiger partial charge in [-0.25, -0.2) is 0 Å². The molecule has 4 heterocycles. The zero-order chi connectivity index (χ0) is 44.6. The first kappa shape index (κ1) is 43.8. The van der Waals surface area contributed by atoms with Crippen molar-refractivity contribution in [1.29, 1.82) is 0 Å². The third-order valence-corrected chi connectivity index (χ3v) is 10.2. The van der Waals surface area contributed by atoms with Crippen molar-refractivity contribution in [3.8, 4) is 56.8 Å². The van der Waals surface area contributed by atoms with Gasteiger partial charge in [-0.1, -0.05) is 24.3 Å². The van der Waals surface area contributed by atoms with Gasteiger partial charge in [0.2, 0.25) is 23.4 Å². The first-order chi connectivity index (χ1) is 29.6. The summed E-state index contributed by atoms with van der Waals surface area (Å²) >= 11 is 0. The fourth-order valence-corrected chi connectivity index (χ4v) is 6.83. The van der Waals surface area contributed by atoms with Crippen LogP contribution in [0.1, 0.15) is 0 Å². The summed E-state index contributed by atoms with van der Waals surface area (Å²) in [6.45, 7) is -1.24. The lowest BCUT2D eigenvalue weighted by Crippen LogP contribution is -2.60. The van der Waals surface area contributed by atoms with E-state index in [2.05, 4.69) is 0 Å². The Kier molecular flexibility index (Phi) is 12.7. The van der Waals surface area contributed by atoms with Crippen LogP contribution in [0, 0.1) is 0 Å². The number of aliphatic hydroxyl groups excluding tert-OH is 8. The van der Waals surface area contributed by atoms with Gasteiger partial charge in [-0.05, 0) is 35.4 Å². The Hall–Kier alpha value is -6.30. The van der Waals surface area contributed by atoms with Gasteiger partial charge >= 0.3 is 0 Å². The van der Waals surface area contributed by atoms with Crippen LogP contribution in [0.15, 0.2) is 104 Å². The molecule has 2 saturated heterocycles.